The Kier molecular flexibility index (Phi) is 5.66. The summed E-state index contributed by atoms with van der Waals surface area (Å²) in [5.74, 6) is 1.14. The molecule has 0 radical (unpaired) electrons. The van der Waals surface area contributed by atoms with Gasteiger partial charge in [-0.2, -0.15) is 0 Å². The van der Waals surface area contributed by atoms with E-state index < -0.39 is 0 Å². The largest absolute Gasteiger partial charge is 0.461 e. The molecule has 0 bridgehead atoms. The SMILES string of the molecule is CCCCCCC(NC)c1c(CC)oc2ccccc12. The van der Waals surface area contributed by atoms with E-state index in [2.05, 4.69) is 44.4 Å². The molecule has 0 aliphatic carbocycles. The highest BCUT2D eigenvalue weighted by Crippen LogP contribution is 2.33. The molecule has 1 aromatic heterocycles. The van der Waals surface area contributed by atoms with Crippen LogP contribution in [0.3, 0.4) is 0 Å². The van der Waals surface area contributed by atoms with E-state index in [-0.39, 0.29) is 0 Å². The normalized spacial score (nSPS) is 12.9. The fourth-order valence-electron chi connectivity index (χ4n) is 2.97. The number of hydrogen-bond acceptors (Lipinski definition) is 2. The molecule has 1 atom stereocenters. The maximum atomic E-state index is 6.02. The average Bonchev–Trinajstić information content (AvgIpc) is 2.86. The first-order chi connectivity index (χ1) is 9.81. The highest BCUT2D eigenvalue weighted by molar-refractivity contribution is 5.82. The smallest absolute Gasteiger partial charge is 0.134 e. The Bertz CT molecular complexity index is 529. The Morgan fingerprint density at radius 3 is 2.60 bits per heavy atom. The second-order valence-corrected chi connectivity index (χ2v) is 5.48. The van der Waals surface area contributed by atoms with Crippen LogP contribution in [-0.2, 0) is 6.42 Å². The maximum absolute atomic E-state index is 6.02. The average molecular weight is 273 g/mol. The fraction of sp³-hybridized carbons (Fsp3) is 0.556. The molecule has 1 aromatic carbocycles. The fourth-order valence-corrected chi connectivity index (χ4v) is 2.97. The molecule has 0 aliphatic rings. The van der Waals surface area contributed by atoms with Crippen LogP contribution in [-0.4, -0.2) is 7.05 Å². The standard InChI is InChI=1S/C18H27NO/c1-4-6-7-8-12-15(19-3)18-14-11-9-10-13-17(14)20-16(18)5-2/h9-11,13,15,19H,4-8,12H2,1-3H3. The number of furan rings is 1. The first-order valence-corrected chi connectivity index (χ1v) is 7.99. The van der Waals surface area contributed by atoms with Crippen LogP contribution in [0, 0.1) is 0 Å². The third-order valence-corrected chi connectivity index (χ3v) is 4.08. The predicted molar refractivity (Wildman–Crippen MR) is 86.2 cm³/mol. The van der Waals surface area contributed by atoms with E-state index in [0.717, 1.165) is 17.8 Å². The summed E-state index contributed by atoms with van der Waals surface area (Å²) in [5.41, 5.74) is 2.40. The Hall–Kier alpha value is -1.28. The van der Waals surface area contributed by atoms with Crippen LogP contribution in [0.15, 0.2) is 28.7 Å². The molecule has 0 aliphatic heterocycles. The van der Waals surface area contributed by atoms with E-state index in [1.807, 2.05) is 6.07 Å². The number of aryl methyl sites for hydroxylation is 1. The van der Waals surface area contributed by atoms with E-state index in [0.29, 0.717) is 6.04 Å². The molecule has 1 unspecified atom stereocenters. The molecular weight excluding hydrogens is 246 g/mol. The lowest BCUT2D eigenvalue weighted by atomic mass is 9.96. The third kappa shape index (κ3) is 3.24. The number of unbranched alkanes of at least 4 members (excludes halogenated alkanes) is 3. The summed E-state index contributed by atoms with van der Waals surface area (Å²) in [7, 11) is 2.06. The summed E-state index contributed by atoms with van der Waals surface area (Å²) in [4.78, 5) is 0. The van der Waals surface area contributed by atoms with Crippen molar-refractivity contribution in [3.8, 4) is 0 Å². The van der Waals surface area contributed by atoms with Gasteiger partial charge in [0.1, 0.15) is 11.3 Å². The lowest BCUT2D eigenvalue weighted by Crippen LogP contribution is -2.17. The van der Waals surface area contributed by atoms with Crippen LogP contribution in [0.4, 0.5) is 0 Å². The van der Waals surface area contributed by atoms with Gasteiger partial charge < -0.3 is 9.73 Å². The number of fused-ring (bicyclic) bond motifs is 1. The molecule has 0 spiro atoms. The molecule has 2 aromatic rings. The molecule has 1 N–H and O–H groups in total. The summed E-state index contributed by atoms with van der Waals surface area (Å²) >= 11 is 0. The van der Waals surface area contributed by atoms with Gasteiger partial charge in [-0.25, -0.2) is 0 Å². The predicted octanol–water partition coefficient (Wildman–Crippen LogP) is 5.23. The van der Waals surface area contributed by atoms with Gasteiger partial charge in [0.05, 0.1) is 0 Å². The molecule has 20 heavy (non-hydrogen) atoms. The van der Waals surface area contributed by atoms with Crippen molar-refractivity contribution in [2.75, 3.05) is 7.05 Å². The van der Waals surface area contributed by atoms with E-state index in [9.17, 15) is 0 Å². The maximum Gasteiger partial charge on any atom is 0.134 e. The van der Waals surface area contributed by atoms with Gasteiger partial charge in [0.2, 0.25) is 0 Å². The van der Waals surface area contributed by atoms with Gasteiger partial charge in [-0.15, -0.1) is 0 Å². The molecule has 110 valence electrons. The van der Waals surface area contributed by atoms with Gasteiger partial charge in [-0.1, -0.05) is 57.7 Å². The lowest BCUT2D eigenvalue weighted by Gasteiger charge is -2.16. The number of hydrogen-bond donors (Lipinski definition) is 1. The Balaban J connectivity index is 2.23. The quantitative estimate of drug-likeness (QED) is 0.666. The van der Waals surface area contributed by atoms with Crippen molar-refractivity contribution >= 4 is 11.0 Å². The van der Waals surface area contributed by atoms with Crippen LogP contribution in [0.5, 0.6) is 0 Å². The number of rotatable bonds is 8. The second-order valence-electron chi connectivity index (χ2n) is 5.48. The van der Waals surface area contributed by atoms with Crippen LogP contribution in [0.2, 0.25) is 0 Å². The summed E-state index contributed by atoms with van der Waals surface area (Å²) < 4.78 is 6.02. The zero-order valence-electron chi connectivity index (χ0n) is 13.0. The summed E-state index contributed by atoms with van der Waals surface area (Å²) in [6.07, 6.45) is 7.38. The van der Waals surface area contributed by atoms with Crippen molar-refractivity contribution in [2.45, 2.75) is 58.4 Å². The van der Waals surface area contributed by atoms with Gasteiger partial charge in [-0.05, 0) is 19.5 Å². The summed E-state index contributed by atoms with van der Waals surface area (Å²) in [6.45, 7) is 4.43. The van der Waals surface area contributed by atoms with Crippen LogP contribution < -0.4 is 5.32 Å². The van der Waals surface area contributed by atoms with Crippen molar-refractivity contribution < 1.29 is 4.42 Å². The Labute approximate surface area is 122 Å². The highest BCUT2D eigenvalue weighted by Gasteiger charge is 2.20. The minimum Gasteiger partial charge on any atom is -0.461 e. The number of para-hydroxylation sites is 1. The van der Waals surface area contributed by atoms with Gasteiger partial charge in [0, 0.05) is 23.4 Å². The zero-order chi connectivity index (χ0) is 14.4. The first-order valence-electron chi connectivity index (χ1n) is 7.99. The highest BCUT2D eigenvalue weighted by atomic mass is 16.3. The van der Waals surface area contributed by atoms with Crippen molar-refractivity contribution in [1.29, 1.82) is 0 Å². The number of benzene rings is 1. The second kappa shape index (κ2) is 7.49. The van der Waals surface area contributed by atoms with Crippen molar-refractivity contribution in [3.63, 3.8) is 0 Å². The zero-order valence-corrected chi connectivity index (χ0v) is 13.0. The monoisotopic (exact) mass is 273 g/mol. The molecule has 0 amide bonds. The van der Waals surface area contributed by atoms with Crippen molar-refractivity contribution in [2.24, 2.45) is 0 Å². The first kappa shape index (κ1) is 15.1. The van der Waals surface area contributed by atoms with Gasteiger partial charge in [0.15, 0.2) is 0 Å². The molecular formula is C18H27NO. The van der Waals surface area contributed by atoms with E-state index in [1.54, 1.807) is 0 Å². The van der Waals surface area contributed by atoms with Crippen LogP contribution >= 0.6 is 0 Å². The van der Waals surface area contributed by atoms with Crippen LogP contribution in [0.1, 0.15) is 63.3 Å². The van der Waals surface area contributed by atoms with E-state index in [4.69, 9.17) is 4.42 Å². The lowest BCUT2D eigenvalue weighted by molar-refractivity contribution is 0.483. The third-order valence-electron chi connectivity index (χ3n) is 4.08. The molecule has 0 saturated carbocycles. The minimum absolute atomic E-state index is 0.408. The molecule has 2 heteroatoms. The Morgan fingerprint density at radius 2 is 1.90 bits per heavy atom. The molecule has 2 nitrogen and oxygen atoms in total. The van der Waals surface area contributed by atoms with E-state index in [1.165, 1.54) is 43.1 Å². The number of nitrogens with one attached hydrogen (secondary N) is 1. The van der Waals surface area contributed by atoms with Gasteiger partial charge >= 0.3 is 0 Å². The molecule has 1 heterocycles. The molecule has 0 fully saturated rings. The Morgan fingerprint density at radius 1 is 1.10 bits per heavy atom. The topological polar surface area (TPSA) is 25.2 Å². The van der Waals surface area contributed by atoms with Gasteiger partial charge in [-0.3, -0.25) is 0 Å². The van der Waals surface area contributed by atoms with Crippen LogP contribution in [0.25, 0.3) is 11.0 Å². The van der Waals surface area contributed by atoms with Crippen molar-refractivity contribution in [3.05, 3.63) is 35.6 Å². The van der Waals surface area contributed by atoms with Crippen molar-refractivity contribution in [1.82, 2.24) is 5.32 Å². The van der Waals surface area contributed by atoms with Gasteiger partial charge in [0.25, 0.3) is 0 Å². The summed E-state index contributed by atoms with van der Waals surface area (Å²) in [5, 5.41) is 4.77. The van der Waals surface area contributed by atoms with E-state index >= 15 is 0 Å². The minimum atomic E-state index is 0.408. The molecule has 0 saturated heterocycles. The summed E-state index contributed by atoms with van der Waals surface area (Å²) in [6, 6.07) is 8.81. The molecule has 2 rings (SSSR count).